The Hall–Kier alpha value is -1.26. The van der Waals surface area contributed by atoms with Gasteiger partial charge in [0.05, 0.1) is 20.3 Å². The van der Waals surface area contributed by atoms with Gasteiger partial charge in [0.25, 0.3) is 0 Å². The molecule has 106 valence electrons. The van der Waals surface area contributed by atoms with Crippen molar-refractivity contribution in [2.24, 2.45) is 5.41 Å². The van der Waals surface area contributed by atoms with E-state index in [9.17, 15) is 5.11 Å². The van der Waals surface area contributed by atoms with Crippen LogP contribution in [0, 0.1) is 5.41 Å². The quantitative estimate of drug-likeness (QED) is 0.854. The molecule has 4 nitrogen and oxygen atoms in total. The Kier molecular flexibility index (Phi) is 4.02. The molecule has 2 N–H and O–H groups in total. The molecule has 0 radical (unpaired) electrons. The van der Waals surface area contributed by atoms with E-state index in [-0.39, 0.29) is 11.5 Å². The van der Waals surface area contributed by atoms with Gasteiger partial charge in [-0.05, 0) is 12.5 Å². The number of benzene rings is 1. The summed E-state index contributed by atoms with van der Waals surface area (Å²) in [6.45, 7) is 4.88. The molecule has 1 aromatic rings. The highest BCUT2D eigenvalue weighted by Gasteiger charge is 2.46. The molecule has 0 saturated heterocycles. The maximum atomic E-state index is 9.74. The SMILES string of the molecule is COc1cccc(CNC2CC(O)C2(C)C)c1OC. The number of rotatable bonds is 5. The van der Waals surface area contributed by atoms with Crippen molar-refractivity contribution < 1.29 is 14.6 Å². The third-order valence-corrected chi connectivity index (χ3v) is 4.24. The summed E-state index contributed by atoms with van der Waals surface area (Å²) in [6, 6.07) is 6.20. The number of hydrogen-bond acceptors (Lipinski definition) is 4. The highest BCUT2D eigenvalue weighted by atomic mass is 16.5. The van der Waals surface area contributed by atoms with Gasteiger partial charge < -0.3 is 19.9 Å². The maximum absolute atomic E-state index is 9.74. The molecular formula is C15H23NO3. The fourth-order valence-corrected chi connectivity index (χ4v) is 2.57. The summed E-state index contributed by atoms with van der Waals surface area (Å²) in [5.74, 6) is 1.52. The van der Waals surface area contributed by atoms with Crippen LogP contribution in [0.4, 0.5) is 0 Å². The predicted octanol–water partition coefficient (Wildman–Crippen LogP) is 1.95. The van der Waals surface area contributed by atoms with Gasteiger partial charge >= 0.3 is 0 Å². The average molecular weight is 265 g/mol. The van der Waals surface area contributed by atoms with Gasteiger partial charge in [0, 0.05) is 23.6 Å². The molecule has 1 aliphatic carbocycles. The van der Waals surface area contributed by atoms with E-state index >= 15 is 0 Å². The lowest BCUT2D eigenvalue weighted by atomic mass is 9.64. The Bertz CT molecular complexity index is 445. The Morgan fingerprint density at radius 3 is 2.58 bits per heavy atom. The van der Waals surface area contributed by atoms with Crippen molar-refractivity contribution in [3.8, 4) is 11.5 Å². The van der Waals surface area contributed by atoms with Gasteiger partial charge in [-0.15, -0.1) is 0 Å². The number of methoxy groups -OCH3 is 2. The largest absolute Gasteiger partial charge is 0.493 e. The Morgan fingerprint density at radius 2 is 2.05 bits per heavy atom. The number of aliphatic hydroxyl groups excluding tert-OH is 1. The minimum Gasteiger partial charge on any atom is -0.493 e. The predicted molar refractivity (Wildman–Crippen MR) is 74.6 cm³/mol. The van der Waals surface area contributed by atoms with Crippen molar-refractivity contribution in [2.45, 2.75) is 39.0 Å². The lowest BCUT2D eigenvalue weighted by Crippen LogP contribution is -2.59. The maximum Gasteiger partial charge on any atom is 0.165 e. The monoisotopic (exact) mass is 265 g/mol. The zero-order valence-electron chi connectivity index (χ0n) is 12.1. The first-order chi connectivity index (χ1) is 9.00. The zero-order chi connectivity index (χ0) is 14.0. The van der Waals surface area contributed by atoms with Crippen molar-refractivity contribution in [2.75, 3.05) is 14.2 Å². The fraction of sp³-hybridized carbons (Fsp3) is 0.600. The van der Waals surface area contributed by atoms with E-state index in [1.807, 2.05) is 18.2 Å². The standard InChI is InChI=1S/C15H23NO3/c1-15(2)12(8-13(15)17)16-9-10-6-5-7-11(18-3)14(10)19-4/h5-7,12-13,16-17H,8-9H2,1-4H3. The molecule has 0 heterocycles. The Morgan fingerprint density at radius 1 is 1.32 bits per heavy atom. The summed E-state index contributed by atoms with van der Waals surface area (Å²) >= 11 is 0. The minimum atomic E-state index is -0.211. The first-order valence-electron chi connectivity index (χ1n) is 6.62. The van der Waals surface area contributed by atoms with Crippen LogP contribution in [-0.4, -0.2) is 31.5 Å². The first-order valence-corrected chi connectivity index (χ1v) is 6.62. The molecule has 0 amide bonds. The minimum absolute atomic E-state index is 0.0634. The molecule has 1 aliphatic rings. The normalized spacial score (nSPS) is 24.7. The molecule has 1 aromatic carbocycles. The van der Waals surface area contributed by atoms with Crippen molar-refractivity contribution in [3.05, 3.63) is 23.8 Å². The van der Waals surface area contributed by atoms with Gasteiger partial charge in [-0.2, -0.15) is 0 Å². The second-order valence-electron chi connectivity index (χ2n) is 5.66. The van der Waals surface area contributed by atoms with Crippen molar-refractivity contribution in [1.29, 1.82) is 0 Å². The van der Waals surface area contributed by atoms with E-state index in [0.717, 1.165) is 23.5 Å². The van der Waals surface area contributed by atoms with Crippen LogP contribution in [0.25, 0.3) is 0 Å². The average Bonchev–Trinajstić information content (AvgIpc) is 2.42. The number of aliphatic hydroxyl groups is 1. The lowest BCUT2D eigenvalue weighted by Gasteiger charge is -2.49. The molecule has 0 aliphatic heterocycles. The van der Waals surface area contributed by atoms with Crippen LogP contribution in [0.1, 0.15) is 25.8 Å². The van der Waals surface area contributed by atoms with Crippen LogP contribution in [0.15, 0.2) is 18.2 Å². The van der Waals surface area contributed by atoms with Crippen LogP contribution in [0.3, 0.4) is 0 Å². The van der Waals surface area contributed by atoms with E-state index in [1.54, 1.807) is 14.2 Å². The van der Waals surface area contributed by atoms with Gasteiger partial charge in [0.2, 0.25) is 0 Å². The highest BCUT2D eigenvalue weighted by Crippen LogP contribution is 2.41. The molecule has 0 spiro atoms. The number of hydrogen-bond donors (Lipinski definition) is 2. The lowest BCUT2D eigenvalue weighted by molar-refractivity contribution is -0.0730. The van der Waals surface area contributed by atoms with Crippen molar-refractivity contribution >= 4 is 0 Å². The Labute approximate surface area is 114 Å². The summed E-state index contributed by atoms with van der Waals surface area (Å²) in [5.41, 5.74) is 1.01. The van der Waals surface area contributed by atoms with E-state index < -0.39 is 0 Å². The van der Waals surface area contributed by atoms with Crippen LogP contribution in [0.2, 0.25) is 0 Å². The van der Waals surface area contributed by atoms with Crippen LogP contribution >= 0.6 is 0 Å². The third-order valence-electron chi connectivity index (χ3n) is 4.24. The second kappa shape index (κ2) is 5.39. The van der Waals surface area contributed by atoms with Gasteiger partial charge in [-0.25, -0.2) is 0 Å². The van der Waals surface area contributed by atoms with E-state index in [4.69, 9.17) is 9.47 Å². The molecule has 2 atom stereocenters. The first kappa shape index (κ1) is 14.2. The van der Waals surface area contributed by atoms with Crippen LogP contribution in [0.5, 0.6) is 11.5 Å². The van der Waals surface area contributed by atoms with Crippen molar-refractivity contribution in [3.63, 3.8) is 0 Å². The van der Waals surface area contributed by atoms with Gasteiger partial charge in [-0.1, -0.05) is 26.0 Å². The van der Waals surface area contributed by atoms with Crippen LogP contribution in [-0.2, 0) is 6.54 Å². The number of para-hydroxylation sites is 1. The molecule has 2 rings (SSSR count). The van der Waals surface area contributed by atoms with E-state index in [2.05, 4.69) is 19.2 Å². The van der Waals surface area contributed by atoms with Gasteiger partial charge in [0.15, 0.2) is 11.5 Å². The molecule has 19 heavy (non-hydrogen) atoms. The van der Waals surface area contributed by atoms with Gasteiger partial charge in [-0.3, -0.25) is 0 Å². The molecule has 4 heteroatoms. The van der Waals surface area contributed by atoms with E-state index in [1.165, 1.54) is 0 Å². The molecule has 0 bridgehead atoms. The topological polar surface area (TPSA) is 50.7 Å². The summed E-state index contributed by atoms with van der Waals surface area (Å²) in [5, 5.41) is 13.2. The zero-order valence-corrected chi connectivity index (χ0v) is 12.1. The number of nitrogens with one attached hydrogen (secondary N) is 1. The smallest absolute Gasteiger partial charge is 0.165 e. The summed E-state index contributed by atoms with van der Waals surface area (Å²) in [7, 11) is 3.29. The summed E-state index contributed by atoms with van der Waals surface area (Å²) < 4.78 is 10.7. The Balaban J connectivity index is 2.04. The molecule has 2 unspecified atom stereocenters. The molecule has 0 aromatic heterocycles. The highest BCUT2D eigenvalue weighted by molar-refractivity contribution is 5.46. The fourth-order valence-electron chi connectivity index (χ4n) is 2.57. The summed E-state index contributed by atoms with van der Waals surface area (Å²) in [4.78, 5) is 0. The third kappa shape index (κ3) is 2.55. The second-order valence-corrected chi connectivity index (χ2v) is 5.66. The van der Waals surface area contributed by atoms with E-state index in [0.29, 0.717) is 12.6 Å². The molecule has 1 fully saturated rings. The molecular weight excluding hydrogens is 242 g/mol. The van der Waals surface area contributed by atoms with Crippen molar-refractivity contribution in [1.82, 2.24) is 5.32 Å². The molecule has 1 saturated carbocycles. The van der Waals surface area contributed by atoms with Crippen LogP contribution < -0.4 is 14.8 Å². The summed E-state index contributed by atoms with van der Waals surface area (Å²) in [6.07, 6.45) is 0.594. The number of ether oxygens (including phenoxy) is 2. The van der Waals surface area contributed by atoms with Gasteiger partial charge in [0.1, 0.15) is 0 Å².